The van der Waals surface area contributed by atoms with Crippen LogP contribution in [0, 0.1) is 10.1 Å². The van der Waals surface area contributed by atoms with Crippen LogP contribution >= 0.6 is 15.9 Å². The van der Waals surface area contributed by atoms with E-state index in [0.29, 0.717) is 6.42 Å². The monoisotopic (exact) mass is 296 g/mol. The summed E-state index contributed by atoms with van der Waals surface area (Å²) >= 11 is 3.41. The van der Waals surface area contributed by atoms with Crippen molar-refractivity contribution in [1.82, 2.24) is 4.98 Å². The summed E-state index contributed by atoms with van der Waals surface area (Å²) in [4.78, 5) is 13.8. The normalized spacial score (nSPS) is 11.9. The smallest absolute Gasteiger partial charge is 0.220 e. The molecule has 0 bridgehead atoms. The summed E-state index contributed by atoms with van der Waals surface area (Å²) in [6.07, 6.45) is 2.26. The van der Waals surface area contributed by atoms with Gasteiger partial charge in [-0.05, 0) is 23.8 Å². The predicted octanol–water partition coefficient (Wildman–Crippen LogP) is 3.53. The lowest BCUT2D eigenvalue weighted by atomic mass is 9.95. The van der Waals surface area contributed by atoms with E-state index in [1.165, 1.54) is 0 Å². The molecule has 0 saturated heterocycles. The maximum absolute atomic E-state index is 10.9. The minimum absolute atomic E-state index is 0.232. The van der Waals surface area contributed by atoms with Crippen molar-refractivity contribution in [2.24, 2.45) is 0 Å². The Balaban J connectivity index is 2.43. The molecule has 0 saturated carbocycles. The molecule has 0 radical (unpaired) electrons. The first-order valence-corrected chi connectivity index (χ1v) is 6.09. The van der Waals surface area contributed by atoms with Gasteiger partial charge in [0.05, 0.1) is 0 Å². The third kappa shape index (κ3) is 2.34. The lowest BCUT2D eigenvalue weighted by molar-refractivity contribution is -0.560. The third-order valence-corrected chi connectivity index (χ3v) is 3.34. The van der Waals surface area contributed by atoms with Gasteiger partial charge in [0.15, 0.2) is 0 Å². The Kier molecular flexibility index (Phi) is 2.95. The fourth-order valence-corrected chi connectivity index (χ4v) is 2.19. The van der Waals surface area contributed by atoms with E-state index in [0.717, 1.165) is 20.9 Å². The van der Waals surface area contributed by atoms with Crippen LogP contribution in [0.4, 0.5) is 0 Å². The van der Waals surface area contributed by atoms with E-state index in [-0.39, 0.29) is 4.92 Å². The molecule has 0 amide bonds. The van der Waals surface area contributed by atoms with Crippen LogP contribution in [0.5, 0.6) is 0 Å². The summed E-state index contributed by atoms with van der Waals surface area (Å²) in [6, 6.07) is 5.89. The van der Waals surface area contributed by atoms with E-state index in [2.05, 4.69) is 20.9 Å². The van der Waals surface area contributed by atoms with E-state index >= 15 is 0 Å². The lowest BCUT2D eigenvalue weighted by Gasteiger charge is -2.14. The van der Waals surface area contributed by atoms with Gasteiger partial charge in [-0.1, -0.05) is 15.9 Å². The predicted molar refractivity (Wildman–Crippen MR) is 70.8 cm³/mol. The number of H-pyrrole nitrogens is 1. The number of benzene rings is 1. The molecular weight excluding hydrogens is 284 g/mol. The molecule has 5 heteroatoms. The summed E-state index contributed by atoms with van der Waals surface area (Å²) in [5.74, 6) is 0. The number of rotatable bonds is 3. The Hall–Kier alpha value is -1.36. The van der Waals surface area contributed by atoms with Crippen molar-refractivity contribution in [1.29, 1.82) is 0 Å². The van der Waals surface area contributed by atoms with Crippen LogP contribution in [0.3, 0.4) is 0 Å². The highest BCUT2D eigenvalue weighted by molar-refractivity contribution is 9.10. The molecule has 0 unspecified atom stereocenters. The molecule has 90 valence electrons. The number of hydrogen-bond donors (Lipinski definition) is 1. The number of aromatic nitrogens is 1. The van der Waals surface area contributed by atoms with Gasteiger partial charge in [0, 0.05) is 46.8 Å². The third-order valence-electron chi connectivity index (χ3n) is 2.85. The Morgan fingerprint density at radius 1 is 1.47 bits per heavy atom. The average Bonchev–Trinajstić information content (AvgIpc) is 2.60. The second kappa shape index (κ2) is 4.14. The molecule has 0 aliphatic heterocycles. The first kappa shape index (κ1) is 12.1. The number of nitrogens with zero attached hydrogens (tertiary/aromatic N) is 1. The zero-order valence-corrected chi connectivity index (χ0v) is 11.2. The maximum Gasteiger partial charge on any atom is 0.220 e. The van der Waals surface area contributed by atoms with Crippen LogP contribution < -0.4 is 0 Å². The fraction of sp³-hybridized carbons (Fsp3) is 0.333. The van der Waals surface area contributed by atoms with Gasteiger partial charge in [0.25, 0.3) is 0 Å². The van der Waals surface area contributed by atoms with Crippen molar-refractivity contribution in [2.45, 2.75) is 25.8 Å². The van der Waals surface area contributed by atoms with Gasteiger partial charge in [0.1, 0.15) is 0 Å². The SMILES string of the molecule is CC(C)(Cc1c[nH]c2ccc(Br)cc12)[N+](=O)[O-]. The molecule has 17 heavy (non-hydrogen) atoms. The van der Waals surface area contributed by atoms with E-state index in [1.54, 1.807) is 13.8 Å². The molecular formula is C12H13BrN2O2. The summed E-state index contributed by atoms with van der Waals surface area (Å²) in [5.41, 5.74) is 1.03. The van der Waals surface area contributed by atoms with Crippen molar-refractivity contribution in [3.63, 3.8) is 0 Å². The number of hydrogen-bond acceptors (Lipinski definition) is 2. The van der Waals surface area contributed by atoms with Gasteiger partial charge in [-0.2, -0.15) is 0 Å². The first-order chi connectivity index (χ1) is 7.90. The largest absolute Gasteiger partial charge is 0.361 e. The minimum atomic E-state index is -0.947. The molecule has 2 rings (SSSR count). The molecule has 1 N–H and O–H groups in total. The van der Waals surface area contributed by atoms with Crippen LogP contribution in [-0.4, -0.2) is 15.4 Å². The van der Waals surface area contributed by atoms with Gasteiger partial charge in [-0.15, -0.1) is 0 Å². The Labute approximate surface area is 107 Å². The highest BCUT2D eigenvalue weighted by Gasteiger charge is 2.31. The van der Waals surface area contributed by atoms with Gasteiger partial charge in [0.2, 0.25) is 5.54 Å². The maximum atomic E-state index is 10.9. The summed E-state index contributed by atoms with van der Waals surface area (Å²) in [5, 5.41) is 12.0. The van der Waals surface area contributed by atoms with E-state index in [1.807, 2.05) is 24.4 Å². The van der Waals surface area contributed by atoms with Crippen molar-refractivity contribution in [2.75, 3.05) is 0 Å². The van der Waals surface area contributed by atoms with Crippen LogP contribution in [0.2, 0.25) is 0 Å². The van der Waals surface area contributed by atoms with Gasteiger partial charge in [-0.3, -0.25) is 10.1 Å². The van der Waals surface area contributed by atoms with Crippen molar-refractivity contribution >= 4 is 26.8 Å². The van der Waals surface area contributed by atoms with Crippen molar-refractivity contribution < 1.29 is 4.92 Å². The quantitative estimate of drug-likeness (QED) is 0.696. The minimum Gasteiger partial charge on any atom is -0.361 e. The molecule has 1 aromatic heterocycles. The number of halogens is 1. The summed E-state index contributed by atoms with van der Waals surface area (Å²) in [6.45, 7) is 3.29. The second-order valence-electron chi connectivity index (χ2n) is 4.75. The summed E-state index contributed by atoms with van der Waals surface area (Å²) < 4.78 is 0.977. The Morgan fingerprint density at radius 3 is 2.82 bits per heavy atom. The van der Waals surface area contributed by atoms with Gasteiger partial charge >= 0.3 is 0 Å². The molecule has 4 nitrogen and oxygen atoms in total. The molecule has 1 aromatic carbocycles. The number of nitrogens with one attached hydrogen (secondary N) is 1. The van der Waals surface area contributed by atoms with E-state index in [9.17, 15) is 10.1 Å². The number of fused-ring (bicyclic) bond motifs is 1. The Morgan fingerprint density at radius 2 is 2.18 bits per heavy atom. The highest BCUT2D eigenvalue weighted by atomic mass is 79.9. The second-order valence-corrected chi connectivity index (χ2v) is 5.67. The lowest BCUT2D eigenvalue weighted by Crippen LogP contribution is -2.33. The highest BCUT2D eigenvalue weighted by Crippen LogP contribution is 2.26. The van der Waals surface area contributed by atoms with Crippen LogP contribution in [0.15, 0.2) is 28.9 Å². The number of nitro groups is 1. The van der Waals surface area contributed by atoms with Crippen LogP contribution in [-0.2, 0) is 6.42 Å². The van der Waals surface area contributed by atoms with Crippen molar-refractivity contribution in [3.8, 4) is 0 Å². The molecule has 0 aliphatic rings. The Bertz CT molecular complexity index is 575. The first-order valence-electron chi connectivity index (χ1n) is 5.30. The van der Waals surface area contributed by atoms with Crippen molar-refractivity contribution in [3.05, 3.63) is 44.5 Å². The fourth-order valence-electron chi connectivity index (χ4n) is 1.83. The van der Waals surface area contributed by atoms with Crippen LogP contribution in [0.25, 0.3) is 10.9 Å². The van der Waals surface area contributed by atoms with Crippen LogP contribution in [0.1, 0.15) is 19.4 Å². The van der Waals surface area contributed by atoms with E-state index in [4.69, 9.17) is 0 Å². The molecule has 0 fully saturated rings. The average molecular weight is 297 g/mol. The molecule has 0 aliphatic carbocycles. The molecule has 2 aromatic rings. The zero-order valence-electron chi connectivity index (χ0n) is 9.66. The molecule has 0 atom stereocenters. The standard InChI is InChI=1S/C12H13BrN2O2/c1-12(2,15(16)17)6-8-7-14-11-4-3-9(13)5-10(8)11/h3-5,7,14H,6H2,1-2H3. The van der Waals surface area contributed by atoms with Gasteiger partial charge < -0.3 is 4.98 Å². The molecule has 0 spiro atoms. The summed E-state index contributed by atoms with van der Waals surface area (Å²) in [7, 11) is 0. The van der Waals surface area contributed by atoms with Gasteiger partial charge in [-0.25, -0.2) is 0 Å². The molecule has 1 heterocycles. The topological polar surface area (TPSA) is 58.9 Å². The zero-order chi connectivity index (χ0) is 12.6. The number of aromatic amines is 1. The van der Waals surface area contributed by atoms with E-state index < -0.39 is 5.54 Å².